The number of rotatable bonds is 6. The van der Waals surface area contributed by atoms with E-state index in [0.29, 0.717) is 12.6 Å². The summed E-state index contributed by atoms with van der Waals surface area (Å²) >= 11 is 0. The first kappa shape index (κ1) is 18.7. The van der Waals surface area contributed by atoms with Crippen LogP contribution in [0.15, 0.2) is 48.8 Å². The van der Waals surface area contributed by atoms with Crippen LogP contribution in [0.3, 0.4) is 0 Å². The van der Waals surface area contributed by atoms with Gasteiger partial charge in [0.1, 0.15) is 12.4 Å². The number of piperazine rings is 1. The smallest absolute Gasteiger partial charge is 0.119 e. The molecule has 1 N–H and O–H groups in total. The molecule has 1 fully saturated rings. The monoisotopic (exact) mass is 347 g/mol. The van der Waals surface area contributed by atoms with Crippen LogP contribution in [0.25, 0.3) is 0 Å². The number of aryl methyl sites for hydroxylation is 1. The molecule has 1 aliphatic rings. The summed E-state index contributed by atoms with van der Waals surface area (Å²) in [6.07, 6.45) is 4.84. The first-order valence-corrected chi connectivity index (χ1v) is 8.43. The number of hydrogen-bond acceptors (Lipinski definition) is 4. The molecule has 1 saturated heterocycles. The van der Waals surface area contributed by atoms with Gasteiger partial charge >= 0.3 is 0 Å². The zero-order valence-electron chi connectivity index (χ0n) is 14.1. The maximum atomic E-state index is 5.96. The quantitative estimate of drug-likeness (QED) is 0.871. The Kier molecular flexibility index (Phi) is 7.50. The molecule has 2 heterocycles. The Morgan fingerprint density at radius 1 is 1.29 bits per heavy atom. The molecule has 0 bridgehead atoms. The van der Waals surface area contributed by atoms with E-state index >= 15 is 0 Å². The van der Waals surface area contributed by atoms with Crippen molar-refractivity contribution >= 4 is 12.4 Å². The predicted octanol–water partition coefficient (Wildman–Crippen LogP) is 3.09. The Morgan fingerprint density at radius 3 is 3.00 bits per heavy atom. The van der Waals surface area contributed by atoms with E-state index in [1.54, 1.807) is 0 Å². The molecule has 1 atom stereocenters. The molecule has 3 rings (SSSR count). The van der Waals surface area contributed by atoms with Gasteiger partial charge in [-0.05, 0) is 35.7 Å². The molecule has 1 aliphatic heterocycles. The fraction of sp³-hybridized carbons (Fsp3) is 0.421. The van der Waals surface area contributed by atoms with E-state index in [0.717, 1.165) is 38.3 Å². The van der Waals surface area contributed by atoms with E-state index in [4.69, 9.17) is 4.74 Å². The summed E-state index contributed by atoms with van der Waals surface area (Å²) in [5.41, 5.74) is 2.59. The van der Waals surface area contributed by atoms with E-state index < -0.39 is 0 Å². The van der Waals surface area contributed by atoms with Crippen LogP contribution in [-0.4, -0.2) is 42.7 Å². The van der Waals surface area contributed by atoms with Crippen LogP contribution >= 0.6 is 12.4 Å². The van der Waals surface area contributed by atoms with Gasteiger partial charge in [-0.3, -0.25) is 9.88 Å². The molecule has 1 aromatic heterocycles. The van der Waals surface area contributed by atoms with Crippen LogP contribution < -0.4 is 10.1 Å². The number of aromatic nitrogens is 1. The molecule has 24 heavy (non-hydrogen) atoms. The summed E-state index contributed by atoms with van der Waals surface area (Å²) in [6.45, 7) is 6.84. The van der Waals surface area contributed by atoms with Crippen LogP contribution in [0.1, 0.15) is 24.1 Å². The largest absolute Gasteiger partial charge is 0.492 e. The summed E-state index contributed by atoms with van der Waals surface area (Å²) in [5.74, 6) is 0.970. The number of pyridine rings is 1. The third-order valence-electron chi connectivity index (χ3n) is 4.38. The molecule has 0 radical (unpaired) electrons. The van der Waals surface area contributed by atoms with E-state index in [1.165, 1.54) is 11.1 Å². The van der Waals surface area contributed by atoms with E-state index in [1.807, 2.05) is 24.5 Å². The van der Waals surface area contributed by atoms with Crippen molar-refractivity contribution in [3.63, 3.8) is 0 Å². The topological polar surface area (TPSA) is 37.4 Å². The number of benzene rings is 1. The van der Waals surface area contributed by atoms with Crippen molar-refractivity contribution in [2.45, 2.75) is 19.4 Å². The van der Waals surface area contributed by atoms with Gasteiger partial charge in [-0.1, -0.05) is 25.1 Å². The van der Waals surface area contributed by atoms with Gasteiger partial charge in [-0.25, -0.2) is 0 Å². The first-order valence-electron chi connectivity index (χ1n) is 8.43. The number of nitrogens with one attached hydrogen (secondary N) is 1. The molecule has 5 heteroatoms. The predicted molar refractivity (Wildman–Crippen MR) is 100.0 cm³/mol. The second-order valence-electron chi connectivity index (χ2n) is 5.89. The summed E-state index contributed by atoms with van der Waals surface area (Å²) < 4.78 is 5.96. The highest BCUT2D eigenvalue weighted by atomic mass is 35.5. The minimum atomic E-state index is 0. The maximum Gasteiger partial charge on any atom is 0.119 e. The third-order valence-corrected chi connectivity index (χ3v) is 4.38. The van der Waals surface area contributed by atoms with Crippen molar-refractivity contribution in [2.24, 2.45) is 0 Å². The molecule has 1 unspecified atom stereocenters. The van der Waals surface area contributed by atoms with E-state index in [2.05, 4.69) is 46.4 Å². The van der Waals surface area contributed by atoms with Crippen molar-refractivity contribution in [1.82, 2.24) is 15.2 Å². The highest BCUT2D eigenvalue weighted by molar-refractivity contribution is 5.85. The lowest BCUT2D eigenvalue weighted by atomic mass is 10.1. The first-order chi connectivity index (χ1) is 11.4. The van der Waals surface area contributed by atoms with Crippen LogP contribution in [0, 0.1) is 0 Å². The lowest BCUT2D eigenvalue weighted by Gasteiger charge is -2.36. The molecule has 2 aromatic rings. The molecule has 0 spiro atoms. The zero-order chi connectivity index (χ0) is 15.9. The van der Waals surface area contributed by atoms with Crippen molar-refractivity contribution < 1.29 is 4.74 Å². The second kappa shape index (κ2) is 9.62. The van der Waals surface area contributed by atoms with Gasteiger partial charge in [0, 0.05) is 44.6 Å². The van der Waals surface area contributed by atoms with Gasteiger partial charge in [0.25, 0.3) is 0 Å². The van der Waals surface area contributed by atoms with Gasteiger partial charge in [0.15, 0.2) is 0 Å². The average Bonchev–Trinajstić information content (AvgIpc) is 2.63. The van der Waals surface area contributed by atoms with Gasteiger partial charge in [-0.15, -0.1) is 12.4 Å². The second-order valence-corrected chi connectivity index (χ2v) is 5.89. The lowest BCUT2D eigenvalue weighted by molar-refractivity contribution is 0.134. The fourth-order valence-corrected chi connectivity index (χ4v) is 3.05. The number of ether oxygens (including phenoxy) is 1. The molecule has 0 aliphatic carbocycles. The van der Waals surface area contributed by atoms with Gasteiger partial charge < -0.3 is 10.1 Å². The molecule has 1 aromatic carbocycles. The van der Waals surface area contributed by atoms with Crippen LogP contribution in [-0.2, 0) is 6.42 Å². The van der Waals surface area contributed by atoms with Crippen molar-refractivity contribution in [1.29, 1.82) is 0 Å². The fourth-order valence-electron chi connectivity index (χ4n) is 3.05. The van der Waals surface area contributed by atoms with E-state index in [-0.39, 0.29) is 12.4 Å². The van der Waals surface area contributed by atoms with Crippen LogP contribution in [0.4, 0.5) is 0 Å². The van der Waals surface area contributed by atoms with Crippen molar-refractivity contribution in [3.8, 4) is 5.75 Å². The normalized spacial score (nSPS) is 18.0. The van der Waals surface area contributed by atoms with Crippen LogP contribution in [0.5, 0.6) is 5.75 Å². The summed E-state index contributed by atoms with van der Waals surface area (Å²) in [7, 11) is 0. The molecule has 4 nitrogen and oxygen atoms in total. The average molecular weight is 348 g/mol. The zero-order valence-corrected chi connectivity index (χ0v) is 15.0. The van der Waals surface area contributed by atoms with Crippen LogP contribution in [0.2, 0.25) is 0 Å². The summed E-state index contributed by atoms with van der Waals surface area (Å²) in [4.78, 5) is 6.74. The summed E-state index contributed by atoms with van der Waals surface area (Å²) in [6, 6.07) is 12.9. The maximum absolute atomic E-state index is 5.96. The Hall–Kier alpha value is -1.62. The molecule has 0 amide bonds. The van der Waals surface area contributed by atoms with Crippen molar-refractivity contribution in [2.75, 3.05) is 32.8 Å². The van der Waals surface area contributed by atoms with Crippen molar-refractivity contribution in [3.05, 3.63) is 59.9 Å². The minimum absolute atomic E-state index is 0. The molecule has 0 saturated carbocycles. The Morgan fingerprint density at radius 2 is 2.21 bits per heavy atom. The number of halogens is 1. The number of hydrogen-bond donors (Lipinski definition) is 1. The Balaban J connectivity index is 0.00000208. The standard InChI is InChI=1S/C19H25N3O.ClH/c1-2-16-5-3-7-18(13-16)23-12-11-22-10-9-21-15-19(22)17-6-4-8-20-14-17;/h3-8,13-14,19,21H,2,9-12,15H2,1H3;1H. The summed E-state index contributed by atoms with van der Waals surface area (Å²) in [5, 5.41) is 3.48. The Bertz CT molecular complexity index is 609. The lowest BCUT2D eigenvalue weighted by Crippen LogP contribution is -2.47. The van der Waals surface area contributed by atoms with Gasteiger partial charge in [0.2, 0.25) is 0 Å². The Labute approximate surface area is 150 Å². The molecular formula is C19H26ClN3O. The highest BCUT2D eigenvalue weighted by Gasteiger charge is 2.23. The third kappa shape index (κ3) is 4.94. The highest BCUT2D eigenvalue weighted by Crippen LogP contribution is 2.21. The minimum Gasteiger partial charge on any atom is -0.492 e. The molecular weight excluding hydrogens is 322 g/mol. The SMILES string of the molecule is CCc1cccc(OCCN2CCNCC2c2cccnc2)c1.Cl. The van der Waals surface area contributed by atoms with Gasteiger partial charge in [0.05, 0.1) is 0 Å². The van der Waals surface area contributed by atoms with Gasteiger partial charge in [-0.2, -0.15) is 0 Å². The van der Waals surface area contributed by atoms with E-state index in [9.17, 15) is 0 Å². The number of nitrogens with zero attached hydrogens (tertiary/aromatic N) is 2. The molecule has 130 valence electrons.